The van der Waals surface area contributed by atoms with E-state index in [9.17, 15) is 21.6 Å². The lowest BCUT2D eigenvalue weighted by atomic mass is 10.3. The lowest BCUT2D eigenvalue weighted by molar-refractivity contribution is 0.263. The average molecular weight is 393 g/mol. The summed E-state index contributed by atoms with van der Waals surface area (Å²) in [7, 11) is -4.26. The third kappa shape index (κ3) is 4.31. The summed E-state index contributed by atoms with van der Waals surface area (Å²) in [5, 5.41) is 3.47. The van der Waals surface area contributed by atoms with Crippen molar-refractivity contribution in [2.45, 2.75) is 11.8 Å². The van der Waals surface area contributed by atoms with E-state index in [-0.39, 0.29) is 13.1 Å². The monoisotopic (exact) mass is 393 g/mol. The Bertz CT molecular complexity index is 791. The molecular weight excluding hydrogens is 375 g/mol. The van der Waals surface area contributed by atoms with Crippen LogP contribution >= 0.6 is 12.2 Å². The van der Waals surface area contributed by atoms with E-state index in [2.05, 4.69) is 11.9 Å². The maximum Gasteiger partial charge on any atom is 0.246 e. The van der Waals surface area contributed by atoms with Crippen molar-refractivity contribution in [3.05, 3.63) is 41.7 Å². The lowest BCUT2D eigenvalue weighted by Gasteiger charge is -2.35. The SMILES string of the molecule is C=C(C)CNC(=S)N1CCN(S(=O)(=O)c2ccc(F)c(F)c2F)CC1. The molecule has 0 bridgehead atoms. The molecule has 1 saturated heterocycles. The molecule has 1 N–H and O–H groups in total. The summed E-state index contributed by atoms with van der Waals surface area (Å²) in [6.07, 6.45) is 0. The number of nitrogens with zero attached hydrogens (tertiary/aromatic N) is 2. The molecule has 138 valence electrons. The van der Waals surface area contributed by atoms with Crippen LogP contribution in [0.5, 0.6) is 0 Å². The number of rotatable bonds is 4. The van der Waals surface area contributed by atoms with Gasteiger partial charge in [0.15, 0.2) is 22.6 Å². The fraction of sp³-hybridized carbons (Fsp3) is 0.400. The van der Waals surface area contributed by atoms with E-state index in [4.69, 9.17) is 12.2 Å². The molecule has 1 aromatic carbocycles. The topological polar surface area (TPSA) is 52.6 Å². The van der Waals surface area contributed by atoms with Crippen LogP contribution in [0.4, 0.5) is 13.2 Å². The Hall–Kier alpha value is -1.65. The maximum atomic E-state index is 13.8. The molecule has 0 atom stereocenters. The normalized spacial score (nSPS) is 15.9. The Balaban J connectivity index is 2.08. The molecule has 0 aliphatic carbocycles. The number of hydrogen-bond acceptors (Lipinski definition) is 3. The van der Waals surface area contributed by atoms with Gasteiger partial charge in [0.2, 0.25) is 10.0 Å². The van der Waals surface area contributed by atoms with Crippen LogP contribution in [0.15, 0.2) is 29.2 Å². The van der Waals surface area contributed by atoms with Gasteiger partial charge >= 0.3 is 0 Å². The van der Waals surface area contributed by atoms with Crippen molar-refractivity contribution in [3.8, 4) is 0 Å². The van der Waals surface area contributed by atoms with Crippen LogP contribution < -0.4 is 5.32 Å². The minimum absolute atomic E-state index is 0.0513. The zero-order valence-electron chi connectivity index (χ0n) is 13.6. The van der Waals surface area contributed by atoms with Crippen molar-refractivity contribution >= 4 is 27.4 Å². The van der Waals surface area contributed by atoms with Crippen molar-refractivity contribution in [1.82, 2.24) is 14.5 Å². The zero-order valence-corrected chi connectivity index (χ0v) is 15.2. The number of thiocarbonyl (C=S) groups is 1. The van der Waals surface area contributed by atoms with Crippen LogP contribution in [0, 0.1) is 17.5 Å². The Morgan fingerprint density at radius 3 is 2.36 bits per heavy atom. The van der Waals surface area contributed by atoms with Crippen LogP contribution in [0.2, 0.25) is 0 Å². The molecule has 1 heterocycles. The smallest absolute Gasteiger partial charge is 0.246 e. The van der Waals surface area contributed by atoms with Crippen LogP contribution in [0.3, 0.4) is 0 Å². The molecule has 1 aliphatic heterocycles. The molecule has 1 fully saturated rings. The quantitative estimate of drug-likeness (QED) is 0.481. The largest absolute Gasteiger partial charge is 0.359 e. The molecule has 2 rings (SSSR count). The first-order valence-electron chi connectivity index (χ1n) is 7.45. The third-order valence-corrected chi connectivity index (χ3v) is 6.00. The molecule has 10 heteroatoms. The second kappa shape index (κ2) is 7.71. The van der Waals surface area contributed by atoms with Crippen molar-refractivity contribution in [3.63, 3.8) is 0 Å². The van der Waals surface area contributed by atoms with Gasteiger partial charge in [-0.3, -0.25) is 0 Å². The van der Waals surface area contributed by atoms with Crippen molar-refractivity contribution in [2.24, 2.45) is 0 Å². The number of benzene rings is 1. The minimum Gasteiger partial charge on any atom is -0.359 e. The van der Waals surface area contributed by atoms with Crippen molar-refractivity contribution in [1.29, 1.82) is 0 Å². The van der Waals surface area contributed by atoms with Crippen LogP contribution in [-0.2, 0) is 10.0 Å². The summed E-state index contributed by atoms with van der Waals surface area (Å²) in [5.41, 5.74) is 0.900. The highest BCUT2D eigenvalue weighted by Gasteiger charge is 2.32. The lowest BCUT2D eigenvalue weighted by Crippen LogP contribution is -2.53. The second-order valence-electron chi connectivity index (χ2n) is 5.68. The third-order valence-electron chi connectivity index (χ3n) is 3.68. The van der Waals surface area contributed by atoms with Gasteiger partial charge in [0.1, 0.15) is 4.90 Å². The molecule has 0 aromatic heterocycles. The Morgan fingerprint density at radius 1 is 1.20 bits per heavy atom. The molecule has 0 amide bonds. The van der Waals surface area contributed by atoms with Gasteiger partial charge < -0.3 is 10.2 Å². The highest BCUT2D eigenvalue weighted by molar-refractivity contribution is 7.89. The van der Waals surface area contributed by atoms with Gasteiger partial charge in [0.25, 0.3) is 0 Å². The maximum absolute atomic E-state index is 13.8. The Morgan fingerprint density at radius 2 is 1.80 bits per heavy atom. The average Bonchev–Trinajstić information content (AvgIpc) is 2.57. The van der Waals surface area contributed by atoms with Crippen molar-refractivity contribution < 1.29 is 21.6 Å². The summed E-state index contributed by atoms with van der Waals surface area (Å²) in [6.45, 7) is 6.80. The number of nitrogens with one attached hydrogen (secondary N) is 1. The summed E-state index contributed by atoms with van der Waals surface area (Å²) >= 11 is 5.22. The second-order valence-corrected chi connectivity index (χ2v) is 7.97. The first kappa shape index (κ1) is 19.7. The first-order chi connectivity index (χ1) is 11.6. The predicted molar refractivity (Wildman–Crippen MR) is 92.1 cm³/mol. The standard InChI is InChI=1S/C15H18F3N3O2S2/c1-10(2)9-19-15(24)20-5-7-21(8-6-20)25(22,23)12-4-3-11(16)13(17)14(12)18/h3-4H,1,5-9H2,2H3,(H,19,24). The van der Waals surface area contributed by atoms with E-state index in [1.54, 1.807) is 4.90 Å². The minimum atomic E-state index is -4.26. The van der Waals surface area contributed by atoms with E-state index in [1.165, 1.54) is 0 Å². The summed E-state index contributed by atoms with van der Waals surface area (Å²) < 4.78 is 66.1. The van der Waals surface area contributed by atoms with E-state index in [1.807, 2.05) is 6.92 Å². The van der Waals surface area contributed by atoms with E-state index in [0.717, 1.165) is 15.9 Å². The molecule has 0 unspecified atom stereocenters. The van der Waals surface area contributed by atoms with Gasteiger partial charge in [-0.05, 0) is 31.3 Å². The van der Waals surface area contributed by atoms with Gasteiger partial charge in [-0.2, -0.15) is 4.31 Å². The molecule has 5 nitrogen and oxygen atoms in total. The molecule has 0 spiro atoms. The fourth-order valence-electron chi connectivity index (χ4n) is 2.32. The Kier molecular flexibility index (Phi) is 6.07. The van der Waals surface area contributed by atoms with Gasteiger partial charge in [-0.25, -0.2) is 21.6 Å². The van der Waals surface area contributed by atoms with Gasteiger partial charge in [-0.15, -0.1) is 0 Å². The van der Waals surface area contributed by atoms with E-state index in [0.29, 0.717) is 30.8 Å². The predicted octanol–water partition coefficient (Wildman–Crippen LogP) is 1.86. The highest BCUT2D eigenvalue weighted by Crippen LogP contribution is 2.24. The molecule has 0 radical (unpaired) electrons. The summed E-state index contributed by atoms with van der Waals surface area (Å²) in [5.74, 6) is -4.94. The summed E-state index contributed by atoms with van der Waals surface area (Å²) in [6, 6.07) is 1.33. The fourth-order valence-corrected chi connectivity index (χ4v) is 4.05. The molecule has 0 saturated carbocycles. The zero-order chi connectivity index (χ0) is 18.8. The van der Waals surface area contributed by atoms with Gasteiger partial charge in [-0.1, -0.05) is 12.2 Å². The first-order valence-corrected chi connectivity index (χ1v) is 9.30. The van der Waals surface area contributed by atoms with Crippen molar-refractivity contribution in [2.75, 3.05) is 32.7 Å². The Labute approximate surface area is 150 Å². The number of hydrogen-bond donors (Lipinski definition) is 1. The number of piperazine rings is 1. The van der Waals surface area contributed by atoms with Crippen LogP contribution in [0.1, 0.15) is 6.92 Å². The summed E-state index contributed by atoms with van der Waals surface area (Å²) in [4.78, 5) is 0.911. The van der Waals surface area contributed by atoms with Gasteiger partial charge in [0.05, 0.1) is 0 Å². The highest BCUT2D eigenvalue weighted by atomic mass is 32.2. The van der Waals surface area contributed by atoms with Gasteiger partial charge in [0, 0.05) is 32.7 Å². The van der Waals surface area contributed by atoms with E-state index < -0.39 is 32.4 Å². The van der Waals surface area contributed by atoms with E-state index >= 15 is 0 Å². The number of halogens is 3. The molecule has 1 aromatic rings. The molecule has 1 aliphatic rings. The van der Waals surface area contributed by atoms with Crippen LogP contribution in [-0.4, -0.2) is 55.5 Å². The van der Waals surface area contributed by atoms with Crippen LogP contribution in [0.25, 0.3) is 0 Å². The molecule has 25 heavy (non-hydrogen) atoms. The number of sulfonamides is 1. The molecular formula is C15H18F3N3O2S2.